The van der Waals surface area contributed by atoms with Crippen LogP contribution in [0.15, 0.2) is 42.7 Å². The summed E-state index contributed by atoms with van der Waals surface area (Å²) in [6.45, 7) is 1.82. The second kappa shape index (κ2) is 6.76. The third-order valence-corrected chi connectivity index (χ3v) is 4.64. The SMILES string of the molecule is COc1ccc(NC(=O)c2sc(-n3cccc3)nc2C)c(OC)c1. The fourth-order valence-corrected chi connectivity index (χ4v) is 3.18. The average Bonchev–Trinajstić information content (AvgIpc) is 3.24. The molecular weight excluding hydrogens is 326 g/mol. The Morgan fingerprint density at radius 2 is 1.96 bits per heavy atom. The number of hydrogen-bond acceptors (Lipinski definition) is 5. The monoisotopic (exact) mass is 343 g/mol. The zero-order chi connectivity index (χ0) is 17.1. The third-order valence-electron chi connectivity index (χ3n) is 3.47. The highest BCUT2D eigenvalue weighted by Crippen LogP contribution is 2.30. The minimum Gasteiger partial charge on any atom is -0.497 e. The van der Waals surface area contributed by atoms with Crippen LogP contribution in [-0.2, 0) is 0 Å². The molecule has 0 unspecified atom stereocenters. The van der Waals surface area contributed by atoms with Crippen molar-refractivity contribution in [1.29, 1.82) is 0 Å². The molecule has 6 nitrogen and oxygen atoms in total. The van der Waals surface area contributed by atoms with Gasteiger partial charge in [-0.3, -0.25) is 4.79 Å². The van der Waals surface area contributed by atoms with Crippen LogP contribution in [0.1, 0.15) is 15.4 Å². The van der Waals surface area contributed by atoms with Gasteiger partial charge in [0.15, 0.2) is 5.13 Å². The van der Waals surface area contributed by atoms with Gasteiger partial charge in [0.25, 0.3) is 5.91 Å². The number of nitrogens with one attached hydrogen (secondary N) is 1. The molecule has 3 aromatic rings. The first kappa shape index (κ1) is 16.1. The normalized spacial score (nSPS) is 10.5. The van der Waals surface area contributed by atoms with Crippen LogP contribution in [0.2, 0.25) is 0 Å². The summed E-state index contributed by atoms with van der Waals surface area (Å²) >= 11 is 1.34. The molecule has 3 rings (SSSR count). The Bertz CT molecular complexity index is 856. The maximum Gasteiger partial charge on any atom is 0.267 e. The molecule has 2 aromatic heterocycles. The highest BCUT2D eigenvalue weighted by Gasteiger charge is 2.17. The molecular formula is C17H17N3O3S. The minimum atomic E-state index is -0.216. The Morgan fingerprint density at radius 1 is 1.21 bits per heavy atom. The summed E-state index contributed by atoms with van der Waals surface area (Å²) in [6, 6.07) is 9.07. The lowest BCUT2D eigenvalue weighted by molar-refractivity contribution is 0.102. The standard InChI is InChI=1S/C17H17N3O3S/c1-11-15(24-17(18-11)20-8-4-5-9-20)16(21)19-13-7-6-12(22-2)10-14(13)23-3/h4-10H,1-3H3,(H,19,21). The first-order valence-electron chi connectivity index (χ1n) is 7.26. The van der Waals surface area contributed by atoms with Gasteiger partial charge in [0.05, 0.1) is 25.6 Å². The predicted octanol–water partition coefficient (Wildman–Crippen LogP) is 3.51. The summed E-state index contributed by atoms with van der Waals surface area (Å²) in [4.78, 5) is 17.6. The maximum atomic E-state index is 12.6. The van der Waals surface area contributed by atoms with Crippen LogP contribution in [0.4, 0.5) is 5.69 Å². The summed E-state index contributed by atoms with van der Waals surface area (Å²) in [6.07, 6.45) is 3.79. The van der Waals surface area contributed by atoms with E-state index < -0.39 is 0 Å². The predicted molar refractivity (Wildman–Crippen MR) is 93.7 cm³/mol. The number of benzene rings is 1. The topological polar surface area (TPSA) is 65.4 Å². The third kappa shape index (κ3) is 3.11. The van der Waals surface area contributed by atoms with E-state index in [9.17, 15) is 4.79 Å². The fraction of sp³-hybridized carbons (Fsp3) is 0.176. The molecule has 0 aliphatic carbocycles. The molecule has 0 fully saturated rings. The largest absolute Gasteiger partial charge is 0.497 e. The molecule has 0 bridgehead atoms. The van der Waals surface area contributed by atoms with E-state index in [1.54, 1.807) is 32.4 Å². The Hall–Kier alpha value is -2.80. The number of aryl methyl sites for hydroxylation is 1. The number of thiazole rings is 1. The summed E-state index contributed by atoms with van der Waals surface area (Å²) in [7, 11) is 3.13. The smallest absolute Gasteiger partial charge is 0.267 e. The van der Waals surface area contributed by atoms with Gasteiger partial charge < -0.3 is 19.4 Å². The first-order valence-corrected chi connectivity index (χ1v) is 8.08. The van der Waals surface area contributed by atoms with Crippen LogP contribution in [0.25, 0.3) is 5.13 Å². The number of carbonyl (C=O) groups excluding carboxylic acids is 1. The van der Waals surface area contributed by atoms with Crippen molar-refractivity contribution in [3.63, 3.8) is 0 Å². The van der Waals surface area contributed by atoms with E-state index in [1.165, 1.54) is 11.3 Å². The van der Waals surface area contributed by atoms with Crippen LogP contribution in [0.3, 0.4) is 0 Å². The molecule has 1 N–H and O–H groups in total. The lowest BCUT2D eigenvalue weighted by atomic mass is 10.2. The Morgan fingerprint density at radius 3 is 2.62 bits per heavy atom. The second-order valence-corrected chi connectivity index (χ2v) is 6.00. The molecule has 1 aromatic carbocycles. The molecule has 0 aliphatic heterocycles. The zero-order valence-corrected chi connectivity index (χ0v) is 14.4. The summed E-state index contributed by atoms with van der Waals surface area (Å²) in [5.41, 5.74) is 1.27. The molecule has 0 saturated heterocycles. The van der Waals surface area contributed by atoms with E-state index in [2.05, 4.69) is 10.3 Å². The van der Waals surface area contributed by atoms with Crippen LogP contribution in [0.5, 0.6) is 11.5 Å². The molecule has 0 spiro atoms. The number of ether oxygens (including phenoxy) is 2. The van der Waals surface area contributed by atoms with Crippen LogP contribution in [0, 0.1) is 6.92 Å². The zero-order valence-electron chi connectivity index (χ0n) is 13.6. The quantitative estimate of drug-likeness (QED) is 0.770. The number of hydrogen-bond donors (Lipinski definition) is 1. The maximum absolute atomic E-state index is 12.6. The number of anilines is 1. The molecule has 0 saturated carbocycles. The van der Waals surface area contributed by atoms with Crippen molar-refractivity contribution in [2.24, 2.45) is 0 Å². The average molecular weight is 343 g/mol. The molecule has 7 heteroatoms. The Labute approximate surface area is 143 Å². The van der Waals surface area contributed by atoms with E-state index in [0.29, 0.717) is 27.8 Å². The van der Waals surface area contributed by atoms with Gasteiger partial charge in [-0.25, -0.2) is 4.98 Å². The van der Waals surface area contributed by atoms with Gasteiger partial charge in [0.1, 0.15) is 16.4 Å². The van der Waals surface area contributed by atoms with Crippen molar-refractivity contribution in [3.8, 4) is 16.6 Å². The number of aromatic nitrogens is 2. The summed E-state index contributed by atoms with van der Waals surface area (Å²) < 4.78 is 12.3. The van der Waals surface area contributed by atoms with Gasteiger partial charge in [-0.15, -0.1) is 0 Å². The minimum absolute atomic E-state index is 0.216. The number of nitrogens with zero attached hydrogens (tertiary/aromatic N) is 2. The second-order valence-electron chi connectivity index (χ2n) is 5.02. The van der Waals surface area contributed by atoms with Crippen LogP contribution in [-0.4, -0.2) is 29.7 Å². The number of methoxy groups -OCH3 is 2. The molecule has 124 valence electrons. The summed E-state index contributed by atoms with van der Waals surface area (Å²) in [5, 5.41) is 3.62. The van der Waals surface area contributed by atoms with Gasteiger partial charge in [0.2, 0.25) is 0 Å². The van der Waals surface area contributed by atoms with E-state index in [0.717, 1.165) is 5.13 Å². The van der Waals surface area contributed by atoms with Gasteiger partial charge >= 0.3 is 0 Å². The van der Waals surface area contributed by atoms with E-state index in [-0.39, 0.29) is 5.91 Å². The fourth-order valence-electron chi connectivity index (χ4n) is 2.25. The Balaban J connectivity index is 1.85. The van der Waals surface area contributed by atoms with Crippen molar-refractivity contribution >= 4 is 22.9 Å². The highest BCUT2D eigenvalue weighted by molar-refractivity contribution is 7.16. The molecule has 24 heavy (non-hydrogen) atoms. The highest BCUT2D eigenvalue weighted by atomic mass is 32.1. The molecule has 0 radical (unpaired) electrons. The van der Waals surface area contributed by atoms with Crippen LogP contribution >= 0.6 is 11.3 Å². The molecule has 0 aliphatic rings. The molecule has 0 atom stereocenters. The first-order chi connectivity index (χ1) is 11.6. The van der Waals surface area contributed by atoms with E-state index >= 15 is 0 Å². The van der Waals surface area contributed by atoms with Gasteiger partial charge in [-0.1, -0.05) is 11.3 Å². The van der Waals surface area contributed by atoms with Gasteiger partial charge in [0, 0.05) is 18.5 Å². The number of amides is 1. The van der Waals surface area contributed by atoms with Crippen molar-refractivity contribution in [3.05, 3.63) is 53.3 Å². The lowest BCUT2D eigenvalue weighted by Gasteiger charge is -2.11. The molecule has 1 amide bonds. The van der Waals surface area contributed by atoms with Crippen molar-refractivity contribution in [2.45, 2.75) is 6.92 Å². The Kier molecular flexibility index (Phi) is 4.52. The van der Waals surface area contributed by atoms with E-state index in [4.69, 9.17) is 9.47 Å². The van der Waals surface area contributed by atoms with Gasteiger partial charge in [-0.05, 0) is 31.2 Å². The van der Waals surface area contributed by atoms with Crippen molar-refractivity contribution < 1.29 is 14.3 Å². The number of carbonyl (C=O) groups is 1. The number of rotatable bonds is 5. The van der Waals surface area contributed by atoms with E-state index in [1.807, 2.05) is 36.0 Å². The van der Waals surface area contributed by atoms with Gasteiger partial charge in [-0.2, -0.15) is 0 Å². The van der Waals surface area contributed by atoms with Crippen molar-refractivity contribution in [1.82, 2.24) is 9.55 Å². The summed E-state index contributed by atoms with van der Waals surface area (Å²) in [5.74, 6) is 0.982. The van der Waals surface area contributed by atoms with Crippen LogP contribution < -0.4 is 14.8 Å². The lowest BCUT2D eigenvalue weighted by Crippen LogP contribution is -2.12. The molecule has 2 heterocycles. The van der Waals surface area contributed by atoms with Crippen molar-refractivity contribution in [2.75, 3.05) is 19.5 Å².